The molecule has 0 radical (unpaired) electrons. The van der Waals surface area contributed by atoms with Crippen LogP contribution < -0.4 is 5.73 Å². The van der Waals surface area contributed by atoms with Crippen LogP contribution in [-0.4, -0.2) is 46.6 Å². The standard InChI is InChI=1S/C15H24N2OS2/c1-11(8-9-20-3)17(2)10-14(18)12-4-6-13(7-5-12)15(16)19/h4-7,11,14,18H,8-10H2,1-3H3,(H2,16,19). The summed E-state index contributed by atoms with van der Waals surface area (Å²) < 4.78 is 0. The summed E-state index contributed by atoms with van der Waals surface area (Å²) in [7, 11) is 2.05. The molecule has 2 unspecified atom stereocenters. The van der Waals surface area contributed by atoms with Gasteiger partial charge in [-0.05, 0) is 38.0 Å². The molecule has 0 saturated carbocycles. The Bertz CT molecular complexity index is 422. The molecule has 3 N–H and O–H groups in total. The van der Waals surface area contributed by atoms with Gasteiger partial charge in [-0.3, -0.25) is 0 Å². The summed E-state index contributed by atoms with van der Waals surface area (Å²) in [4.78, 5) is 2.58. The van der Waals surface area contributed by atoms with E-state index in [1.165, 1.54) is 0 Å². The van der Waals surface area contributed by atoms with Gasteiger partial charge in [0, 0.05) is 18.2 Å². The molecule has 2 atom stereocenters. The highest BCUT2D eigenvalue weighted by molar-refractivity contribution is 7.98. The van der Waals surface area contributed by atoms with Crippen molar-refractivity contribution in [1.82, 2.24) is 4.90 Å². The van der Waals surface area contributed by atoms with E-state index in [0.717, 1.165) is 23.3 Å². The topological polar surface area (TPSA) is 49.5 Å². The summed E-state index contributed by atoms with van der Waals surface area (Å²) in [6, 6.07) is 7.96. The zero-order chi connectivity index (χ0) is 15.1. The van der Waals surface area contributed by atoms with Crippen molar-refractivity contribution < 1.29 is 5.11 Å². The first-order valence-electron chi connectivity index (χ1n) is 6.72. The van der Waals surface area contributed by atoms with E-state index in [1.54, 1.807) is 0 Å². The van der Waals surface area contributed by atoms with Crippen molar-refractivity contribution in [2.75, 3.05) is 25.6 Å². The largest absolute Gasteiger partial charge is 0.389 e. The van der Waals surface area contributed by atoms with Crippen LogP contribution in [0.1, 0.15) is 30.6 Å². The number of thiocarbonyl (C=S) groups is 1. The monoisotopic (exact) mass is 312 g/mol. The molecule has 0 fully saturated rings. The van der Waals surface area contributed by atoms with Gasteiger partial charge in [0.05, 0.1) is 6.10 Å². The molecule has 20 heavy (non-hydrogen) atoms. The summed E-state index contributed by atoms with van der Waals surface area (Å²) in [6.45, 7) is 2.82. The number of thioether (sulfide) groups is 1. The molecule has 0 aliphatic rings. The van der Waals surface area contributed by atoms with Gasteiger partial charge in [-0.1, -0.05) is 36.5 Å². The Morgan fingerprint density at radius 1 is 1.40 bits per heavy atom. The SMILES string of the molecule is CSCCC(C)N(C)CC(O)c1ccc(C(N)=S)cc1. The molecule has 0 heterocycles. The molecule has 112 valence electrons. The molecule has 5 heteroatoms. The van der Waals surface area contributed by atoms with Crippen LogP contribution in [0, 0.1) is 0 Å². The van der Waals surface area contributed by atoms with Crippen molar-refractivity contribution in [1.29, 1.82) is 0 Å². The number of rotatable bonds is 8. The second-order valence-corrected chi connectivity index (χ2v) is 6.50. The fraction of sp³-hybridized carbons (Fsp3) is 0.533. The number of nitrogens with zero attached hydrogens (tertiary/aromatic N) is 1. The Balaban J connectivity index is 2.57. The van der Waals surface area contributed by atoms with Gasteiger partial charge in [-0.25, -0.2) is 0 Å². The predicted octanol–water partition coefficient (Wildman–Crippen LogP) is 2.43. The lowest BCUT2D eigenvalue weighted by Crippen LogP contribution is -2.33. The first kappa shape index (κ1) is 17.4. The lowest BCUT2D eigenvalue weighted by atomic mass is 10.1. The van der Waals surface area contributed by atoms with E-state index >= 15 is 0 Å². The number of hydrogen-bond donors (Lipinski definition) is 2. The van der Waals surface area contributed by atoms with Gasteiger partial charge >= 0.3 is 0 Å². The third kappa shape index (κ3) is 5.40. The summed E-state index contributed by atoms with van der Waals surface area (Å²) in [5.41, 5.74) is 7.29. The van der Waals surface area contributed by atoms with Crippen molar-refractivity contribution in [3.8, 4) is 0 Å². The molecule has 3 nitrogen and oxygen atoms in total. The van der Waals surface area contributed by atoms with Crippen molar-refractivity contribution >= 4 is 29.0 Å². The second kappa shape index (κ2) is 8.62. The number of likely N-dealkylation sites (N-methyl/N-ethyl adjacent to an activating group) is 1. The minimum absolute atomic E-state index is 0.383. The Morgan fingerprint density at radius 3 is 2.50 bits per heavy atom. The molecule has 0 saturated heterocycles. The molecule has 0 aliphatic carbocycles. The normalized spacial score (nSPS) is 14.2. The maximum atomic E-state index is 10.3. The summed E-state index contributed by atoms with van der Waals surface area (Å²) in [5, 5.41) is 10.3. The van der Waals surface area contributed by atoms with Crippen LogP contribution in [0.15, 0.2) is 24.3 Å². The van der Waals surface area contributed by atoms with Gasteiger partial charge in [0.1, 0.15) is 4.99 Å². The van der Waals surface area contributed by atoms with E-state index in [4.69, 9.17) is 18.0 Å². The van der Waals surface area contributed by atoms with Gasteiger partial charge in [-0.2, -0.15) is 11.8 Å². The fourth-order valence-corrected chi connectivity index (χ4v) is 2.65. The smallest absolute Gasteiger partial charge is 0.103 e. The Hall–Kier alpha value is -0.620. The third-order valence-corrected chi connectivity index (χ3v) is 4.41. The summed E-state index contributed by atoms with van der Waals surface area (Å²) in [6.07, 6.45) is 2.76. The van der Waals surface area contributed by atoms with Crippen LogP contribution in [0.3, 0.4) is 0 Å². The molecule has 0 aliphatic heterocycles. The van der Waals surface area contributed by atoms with Crippen molar-refractivity contribution in [3.05, 3.63) is 35.4 Å². The minimum atomic E-state index is -0.489. The zero-order valence-electron chi connectivity index (χ0n) is 12.4. The van der Waals surface area contributed by atoms with Crippen LogP contribution in [0.25, 0.3) is 0 Å². The predicted molar refractivity (Wildman–Crippen MR) is 92.4 cm³/mol. The highest BCUT2D eigenvalue weighted by atomic mass is 32.2. The van der Waals surface area contributed by atoms with Gasteiger partial charge in [0.2, 0.25) is 0 Å². The second-order valence-electron chi connectivity index (χ2n) is 5.07. The quantitative estimate of drug-likeness (QED) is 0.722. The highest BCUT2D eigenvalue weighted by Gasteiger charge is 2.15. The van der Waals surface area contributed by atoms with E-state index in [0.29, 0.717) is 17.6 Å². The molecule has 0 aromatic heterocycles. The maximum Gasteiger partial charge on any atom is 0.103 e. The first-order chi connectivity index (χ1) is 9.45. The highest BCUT2D eigenvalue weighted by Crippen LogP contribution is 2.17. The molecule has 0 bridgehead atoms. The van der Waals surface area contributed by atoms with Crippen molar-refractivity contribution in [3.63, 3.8) is 0 Å². The molecule has 1 aromatic rings. The van der Waals surface area contributed by atoms with Crippen molar-refractivity contribution in [2.45, 2.75) is 25.5 Å². The lowest BCUT2D eigenvalue weighted by molar-refractivity contribution is 0.107. The minimum Gasteiger partial charge on any atom is -0.389 e. The van der Waals surface area contributed by atoms with E-state index in [1.807, 2.05) is 36.0 Å². The Kier molecular flexibility index (Phi) is 7.51. The fourth-order valence-electron chi connectivity index (χ4n) is 1.94. The van der Waals surface area contributed by atoms with Crippen LogP contribution >= 0.6 is 24.0 Å². The van der Waals surface area contributed by atoms with Crippen LogP contribution in [-0.2, 0) is 0 Å². The first-order valence-corrected chi connectivity index (χ1v) is 8.53. The van der Waals surface area contributed by atoms with E-state index in [2.05, 4.69) is 25.1 Å². The summed E-state index contributed by atoms with van der Waals surface area (Å²) >= 11 is 6.77. The molecular weight excluding hydrogens is 288 g/mol. The van der Waals surface area contributed by atoms with Crippen LogP contribution in [0.2, 0.25) is 0 Å². The number of benzene rings is 1. The average Bonchev–Trinajstić information content (AvgIpc) is 2.44. The van der Waals surface area contributed by atoms with Gasteiger partial charge in [0.15, 0.2) is 0 Å². The maximum absolute atomic E-state index is 10.3. The van der Waals surface area contributed by atoms with Crippen LogP contribution in [0.5, 0.6) is 0 Å². The van der Waals surface area contributed by atoms with E-state index in [-0.39, 0.29) is 0 Å². The van der Waals surface area contributed by atoms with Crippen molar-refractivity contribution in [2.24, 2.45) is 5.73 Å². The number of hydrogen-bond acceptors (Lipinski definition) is 4. The molecule has 1 aromatic carbocycles. The van der Waals surface area contributed by atoms with E-state index < -0.39 is 6.10 Å². The van der Waals surface area contributed by atoms with Gasteiger partial charge in [-0.15, -0.1) is 0 Å². The zero-order valence-corrected chi connectivity index (χ0v) is 14.0. The number of aliphatic hydroxyl groups is 1. The molecule has 0 spiro atoms. The number of aliphatic hydroxyl groups excluding tert-OH is 1. The molecule has 0 amide bonds. The lowest BCUT2D eigenvalue weighted by Gasteiger charge is -2.27. The molecule has 1 rings (SSSR count). The Labute approximate surface area is 131 Å². The van der Waals surface area contributed by atoms with Gasteiger partial charge < -0.3 is 15.7 Å². The third-order valence-electron chi connectivity index (χ3n) is 3.53. The Morgan fingerprint density at radius 2 is 2.00 bits per heavy atom. The molecular formula is C15H24N2OS2. The number of nitrogens with two attached hydrogens (primary N) is 1. The summed E-state index contributed by atoms with van der Waals surface area (Å²) in [5.74, 6) is 1.14. The van der Waals surface area contributed by atoms with Crippen LogP contribution in [0.4, 0.5) is 0 Å². The van der Waals surface area contributed by atoms with E-state index in [9.17, 15) is 5.11 Å². The van der Waals surface area contributed by atoms with Gasteiger partial charge in [0.25, 0.3) is 0 Å². The average molecular weight is 313 g/mol.